The number of aromatic nitrogens is 2. The zero-order valence-electron chi connectivity index (χ0n) is 16.8. The number of halogens is 1. The number of carbonyl (C=O) groups excluding carboxylic acids is 1. The van der Waals surface area contributed by atoms with Crippen LogP contribution < -0.4 is 19.6 Å². The molecule has 1 N–H and O–H groups in total. The number of rotatable bonds is 8. The average molecular weight is 473 g/mol. The smallest absolute Gasteiger partial charge is 0.291 e. The van der Waals surface area contributed by atoms with Crippen molar-refractivity contribution in [2.24, 2.45) is 5.10 Å². The second-order valence-electron chi connectivity index (χ2n) is 6.18. The van der Waals surface area contributed by atoms with Gasteiger partial charge in [0.2, 0.25) is 5.75 Å². The van der Waals surface area contributed by atoms with Crippen LogP contribution in [0.5, 0.6) is 17.2 Å². The zero-order valence-corrected chi connectivity index (χ0v) is 18.3. The predicted octanol–water partition coefficient (Wildman–Crippen LogP) is 3.48. The molecule has 0 aliphatic carbocycles. The molecule has 1 heterocycles. The Bertz CT molecular complexity index is 1020. The van der Waals surface area contributed by atoms with Gasteiger partial charge in [0.25, 0.3) is 5.91 Å². The molecular formula is C21H21BrN4O4. The van der Waals surface area contributed by atoms with Gasteiger partial charge in [-0.1, -0.05) is 28.1 Å². The van der Waals surface area contributed by atoms with Gasteiger partial charge < -0.3 is 14.2 Å². The molecule has 3 aromatic rings. The molecule has 0 saturated carbocycles. The van der Waals surface area contributed by atoms with Crippen LogP contribution in [-0.4, -0.2) is 43.2 Å². The van der Waals surface area contributed by atoms with Gasteiger partial charge in [0.15, 0.2) is 17.2 Å². The maximum absolute atomic E-state index is 12.3. The van der Waals surface area contributed by atoms with Gasteiger partial charge in [0, 0.05) is 16.2 Å². The van der Waals surface area contributed by atoms with E-state index in [0.717, 1.165) is 10.0 Å². The molecule has 1 aromatic heterocycles. The molecule has 0 aliphatic heterocycles. The van der Waals surface area contributed by atoms with Gasteiger partial charge >= 0.3 is 0 Å². The molecule has 0 saturated heterocycles. The second-order valence-corrected chi connectivity index (χ2v) is 7.10. The van der Waals surface area contributed by atoms with E-state index in [4.69, 9.17) is 14.2 Å². The maximum atomic E-state index is 12.3. The fourth-order valence-corrected chi connectivity index (χ4v) is 3.01. The topological polar surface area (TPSA) is 87.0 Å². The lowest BCUT2D eigenvalue weighted by molar-refractivity contribution is 0.0949. The molecule has 30 heavy (non-hydrogen) atoms. The van der Waals surface area contributed by atoms with Crippen LogP contribution in [0.1, 0.15) is 21.6 Å². The number of hydrogen-bond acceptors (Lipinski definition) is 6. The van der Waals surface area contributed by atoms with Crippen molar-refractivity contribution in [3.05, 3.63) is 70.0 Å². The van der Waals surface area contributed by atoms with Crippen molar-refractivity contribution in [2.45, 2.75) is 6.54 Å². The van der Waals surface area contributed by atoms with E-state index >= 15 is 0 Å². The van der Waals surface area contributed by atoms with E-state index in [2.05, 4.69) is 31.6 Å². The minimum absolute atomic E-state index is 0.272. The Morgan fingerprint density at radius 1 is 1.10 bits per heavy atom. The van der Waals surface area contributed by atoms with Gasteiger partial charge in [-0.2, -0.15) is 10.2 Å². The fraction of sp³-hybridized carbons (Fsp3) is 0.190. The minimum atomic E-state index is -0.409. The Hall–Kier alpha value is -3.33. The first kappa shape index (κ1) is 21.4. The summed E-state index contributed by atoms with van der Waals surface area (Å²) in [6, 6.07) is 13.0. The van der Waals surface area contributed by atoms with Crippen LogP contribution in [0.25, 0.3) is 0 Å². The number of methoxy groups -OCH3 is 3. The summed E-state index contributed by atoms with van der Waals surface area (Å²) >= 11 is 3.41. The summed E-state index contributed by atoms with van der Waals surface area (Å²) in [7, 11) is 4.60. The summed E-state index contributed by atoms with van der Waals surface area (Å²) in [5, 5.41) is 8.29. The standard InChI is InChI=1S/C21H21BrN4O4/c1-28-18-10-15(11-19(29-2)20(18)30-3)12-23-24-21(27)17-8-9-26(25-17)13-14-4-6-16(22)7-5-14/h4-12H,13H2,1-3H3,(H,24,27)/b23-12-. The molecule has 0 aliphatic rings. The molecule has 0 atom stereocenters. The molecule has 2 aromatic carbocycles. The van der Waals surface area contributed by atoms with Crippen LogP contribution in [0.2, 0.25) is 0 Å². The molecule has 3 rings (SSSR count). The van der Waals surface area contributed by atoms with Crippen molar-refractivity contribution < 1.29 is 19.0 Å². The summed E-state index contributed by atoms with van der Waals surface area (Å²) in [5.41, 5.74) is 4.49. The molecule has 1 amide bonds. The third-order valence-corrected chi connectivity index (χ3v) is 4.73. The van der Waals surface area contributed by atoms with E-state index in [1.165, 1.54) is 27.5 Å². The van der Waals surface area contributed by atoms with Crippen LogP contribution in [0.4, 0.5) is 0 Å². The molecule has 0 bridgehead atoms. The first-order valence-corrected chi connectivity index (χ1v) is 9.74. The van der Waals surface area contributed by atoms with Gasteiger partial charge in [-0.3, -0.25) is 9.48 Å². The van der Waals surface area contributed by atoms with Crippen LogP contribution in [0.3, 0.4) is 0 Å². The monoisotopic (exact) mass is 472 g/mol. The molecular weight excluding hydrogens is 452 g/mol. The van der Waals surface area contributed by atoms with E-state index in [-0.39, 0.29) is 5.69 Å². The Labute approximate surface area is 182 Å². The maximum Gasteiger partial charge on any atom is 0.291 e. The zero-order chi connectivity index (χ0) is 21.5. The van der Waals surface area contributed by atoms with Crippen molar-refractivity contribution in [1.29, 1.82) is 0 Å². The summed E-state index contributed by atoms with van der Waals surface area (Å²) in [6.07, 6.45) is 3.24. The van der Waals surface area contributed by atoms with Gasteiger partial charge in [0.1, 0.15) is 0 Å². The third-order valence-electron chi connectivity index (χ3n) is 4.20. The molecule has 0 radical (unpaired) electrons. The first-order valence-electron chi connectivity index (χ1n) is 8.95. The van der Waals surface area contributed by atoms with Crippen molar-refractivity contribution in [3.63, 3.8) is 0 Å². The van der Waals surface area contributed by atoms with Crippen molar-refractivity contribution >= 4 is 28.1 Å². The number of nitrogens with one attached hydrogen (secondary N) is 1. The number of ether oxygens (including phenoxy) is 3. The summed E-state index contributed by atoms with van der Waals surface area (Å²) in [5.74, 6) is 1.07. The fourth-order valence-electron chi connectivity index (χ4n) is 2.75. The second kappa shape index (κ2) is 9.93. The lowest BCUT2D eigenvalue weighted by Crippen LogP contribution is -2.18. The molecule has 0 spiro atoms. The predicted molar refractivity (Wildman–Crippen MR) is 117 cm³/mol. The summed E-state index contributed by atoms with van der Waals surface area (Å²) in [6.45, 7) is 0.565. The minimum Gasteiger partial charge on any atom is -0.493 e. The van der Waals surface area contributed by atoms with E-state index in [1.807, 2.05) is 24.3 Å². The van der Waals surface area contributed by atoms with Crippen LogP contribution in [-0.2, 0) is 6.54 Å². The lowest BCUT2D eigenvalue weighted by Gasteiger charge is -2.12. The highest BCUT2D eigenvalue weighted by Gasteiger charge is 2.13. The molecule has 9 heteroatoms. The highest BCUT2D eigenvalue weighted by atomic mass is 79.9. The van der Waals surface area contributed by atoms with E-state index in [0.29, 0.717) is 29.4 Å². The largest absolute Gasteiger partial charge is 0.493 e. The average Bonchev–Trinajstić information content (AvgIpc) is 3.23. The lowest BCUT2D eigenvalue weighted by atomic mass is 10.2. The summed E-state index contributed by atoms with van der Waals surface area (Å²) < 4.78 is 18.6. The van der Waals surface area contributed by atoms with Crippen molar-refractivity contribution in [3.8, 4) is 17.2 Å². The quantitative estimate of drug-likeness (QED) is 0.400. The van der Waals surface area contributed by atoms with Gasteiger partial charge in [-0.25, -0.2) is 5.43 Å². The van der Waals surface area contributed by atoms with Crippen molar-refractivity contribution in [1.82, 2.24) is 15.2 Å². The Kier molecular flexibility index (Phi) is 7.08. The number of amides is 1. The highest BCUT2D eigenvalue weighted by molar-refractivity contribution is 9.10. The van der Waals surface area contributed by atoms with Crippen LogP contribution in [0, 0.1) is 0 Å². The number of nitrogens with zero attached hydrogens (tertiary/aromatic N) is 3. The molecule has 156 valence electrons. The third kappa shape index (κ3) is 5.18. The van der Waals surface area contributed by atoms with Gasteiger partial charge in [0.05, 0.1) is 34.1 Å². The molecule has 0 unspecified atom stereocenters. The number of hydrazone groups is 1. The Morgan fingerprint density at radius 3 is 2.37 bits per heavy atom. The number of benzene rings is 2. The van der Waals surface area contributed by atoms with E-state index in [1.54, 1.807) is 29.1 Å². The molecule has 0 fully saturated rings. The first-order chi connectivity index (χ1) is 14.5. The summed E-state index contributed by atoms with van der Waals surface area (Å²) in [4.78, 5) is 12.3. The van der Waals surface area contributed by atoms with Crippen LogP contribution in [0.15, 0.2) is 58.2 Å². The number of carbonyl (C=O) groups is 1. The highest BCUT2D eigenvalue weighted by Crippen LogP contribution is 2.37. The Balaban J connectivity index is 1.65. The number of hydrogen-bond donors (Lipinski definition) is 1. The Morgan fingerprint density at radius 2 is 1.77 bits per heavy atom. The van der Waals surface area contributed by atoms with E-state index in [9.17, 15) is 4.79 Å². The van der Waals surface area contributed by atoms with Crippen LogP contribution >= 0.6 is 15.9 Å². The normalized spacial score (nSPS) is 10.8. The van der Waals surface area contributed by atoms with Crippen molar-refractivity contribution in [2.75, 3.05) is 21.3 Å². The van der Waals surface area contributed by atoms with Gasteiger partial charge in [-0.05, 0) is 35.9 Å². The SMILES string of the molecule is COc1cc(/C=N\NC(=O)c2ccn(Cc3ccc(Br)cc3)n2)cc(OC)c1OC. The van der Waals surface area contributed by atoms with Gasteiger partial charge in [-0.15, -0.1) is 0 Å². The van der Waals surface area contributed by atoms with E-state index < -0.39 is 5.91 Å². The molecule has 8 nitrogen and oxygen atoms in total.